The fourth-order valence-electron chi connectivity index (χ4n) is 2.28. The summed E-state index contributed by atoms with van der Waals surface area (Å²) in [5.74, 6) is 0.0676. The Bertz CT molecular complexity index is 499. The summed E-state index contributed by atoms with van der Waals surface area (Å²) in [5.41, 5.74) is 0.890. The van der Waals surface area contributed by atoms with Gasteiger partial charge in [0.1, 0.15) is 12.3 Å². The SMILES string of the molecule is COC(=O)CN1C(=O)[C@@H](OC)[C@H]1c1ccc(OC)cc1. The fraction of sp³-hybridized carbons (Fsp3) is 0.429. The zero-order valence-corrected chi connectivity index (χ0v) is 11.7. The molecule has 0 aliphatic carbocycles. The first-order valence-corrected chi connectivity index (χ1v) is 6.16. The van der Waals surface area contributed by atoms with E-state index < -0.39 is 12.1 Å². The number of nitrogens with zero attached hydrogens (tertiary/aromatic N) is 1. The number of β-lactam (4-membered cyclic amide) rings is 1. The minimum atomic E-state index is -0.562. The molecule has 1 aliphatic rings. The summed E-state index contributed by atoms with van der Waals surface area (Å²) in [6, 6.07) is 7.04. The van der Waals surface area contributed by atoms with Crippen LogP contribution in [0, 0.1) is 0 Å². The average molecular weight is 279 g/mol. The zero-order chi connectivity index (χ0) is 14.7. The zero-order valence-electron chi connectivity index (χ0n) is 11.7. The molecule has 2 atom stereocenters. The van der Waals surface area contributed by atoms with Crippen LogP contribution in [0.25, 0.3) is 0 Å². The second-order valence-electron chi connectivity index (χ2n) is 4.42. The highest BCUT2D eigenvalue weighted by Crippen LogP contribution is 2.37. The maximum absolute atomic E-state index is 11.9. The van der Waals surface area contributed by atoms with Gasteiger partial charge in [0.2, 0.25) is 0 Å². The Morgan fingerprint density at radius 3 is 2.35 bits per heavy atom. The van der Waals surface area contributed by atoms with E-state index in [9.17, 15) is 9.59 Å². The lowest BCUT2D eigenvalue weighted by Crippen LogP contribution is -2.60. The third-order valence-corrected chi connectivity index (χ3v) is 3.39. The average Bonchev–Trinajstić information content (AvgIpc) is 2.49. The number of hydrogen-bond donors (Lipinski definition) is 0. The molecule has 0 spiro atoms. The van der Waals surface area contributed by atoms with Crippen LogP contribution in [0.2, 0.25) is 0 Å². The van der Waals surface area contributed by atoms with Crippen molar-refractivity contribution in [3.05, 3.63) is 29.8 Å². The van der Waals surface area contributed by atoms with E-state index in [1.165, 1.54) is 19.1 Å². The van der Waals surface area contributed by atoms with Gasteiger partial charge in [0.15, 0.2) is 6.10 Å². The molecule has 0 bridgehead atoms. The summed E-state index contributed by atoms with van der Waals surface area (Å²) >= 11 is 0. The van der Waals surface area contributed by atoms with Gasteiger partial charge in [-0.3, -0.25) is 9.59 Å². The predicted octanol–water partition coefficient (Wildman–Crippen LogP) is 0.766. The molecule has 0 saturated carbocycles. The molecule has 1 fully saturated rings. The number of methoxy groups -OCH3 is 3. The van der Waals surface area contributed by atoms with Gasteiger partial charge >= 0.3 is 5.97 Å². The van der Waals surface area contributed by atoms with Crippen molar-refractivity contribution in [2.45, 2.75) is 12.1 Å². The van der Waals surface area contributed by atoms with Crippen LogP contribution in [-0.4, -0.2) is 50.8 Å². The molecule has 1 aromatic rings. The summed E-state index contributed by atoms with van der Waals surface area (Å²) in [6.45, 7) is -0.0775. The van der Waals surface area contributed by atoms with Crippen molar-refractivity contribution in [3.63, 3.8) is 0 Å². The van der Waals surface area contributed by atoms with Crippen LogP contribution in [0.4, 0.5) is 0 Å². The number of ether oxygens (including phenoxy) is 3. The van der Waals surface area contributed by atoms with Gasteiger partial charge in [-0.1, -0.05) is 12.1 Å². The summed E-state index contributed by atoms with van der Waals surface area (Å²) in [4.78, 5) is 24.7. The van der Waals surface area contributed by atoms with Crippen molar-refractivity contribution in [2.24, 2.45) is 0 Å². The van der Waals surface area contributed by atoms with Gasteiger partial charge in [0.25, 0.3) is 5.91 Å². The van der Waals surface area contributed by atoms with Crippen LogP contribution >= 0.6 is 0 Å². The Labute approximate surface area is 117 Å². The Morgan fingerprint density at radius 2 is 1.85 bits per heavy atom. The van der Waals surface area contributed by atoms with Gasteiger partial charge in [-0.2, -0.15) is 0 Å². The van der Waals surface area contributed by atoms with Crippen LogP contribution in [-0.2, 0) is 19.1 Å². The molecule has 0 aromatic heterocycles. The molecule has 0 unspecified atom stereocenters. The lowest BCUT2D eigenvalue weighted by Gasteiger charge is -2.45. The molecular weight excluding hydrogens is 262 g/mol. The monoisotopic (exact) mass is 279 g/mol. The van der Waals surface area contributed by atoms with Crippen LogP contribution in [0.5, 0.6) is 5.75 Å². The molecule has 6 heteroatoms. The summed E-state index contributed by atoms with van der Waals surface area (Å²) in [6.07, 6.45) is -0.562. The quantitative estimate of drug-likeness (QED) is 0.588. The first kappa shape index (κ1) is 14.3. The molecule has 108 valence electrons. The van der Waals surface area contributed by atoms with Crippen molar-refractivity contribution >= 4 is 11.9 Å². The van der Waals surface area contributed by atoms with Gasteiger partial charge in [-0.15, -0.1) is 0 Å². The standard InChI is InChI=1S/C14H17NO5/c1-18-10-6-4-9(5-7-10)12-13(20-3)14(17)15(12)8-11(16)19-2/h4-7,12-13H,8H2,1-3H3/t12-,13+/m1/s1. The molecule has 1 heterocycles. The van der Waals surface area contributed by atoms with Crippen molar-refractivity contribution in [1.82, 2.24) is 4.90 Å². The molecule has 1 aromatic carbocycles. The first-order chi connectivity index (χ1) is 9.62. The van der Waals surface area contributed by atoms with Gasteiger partial charge < -0.3 is 19.1 Å². The Morgan fingerprint density at radius 1 is 1.20 bits per heavy atom. The van der Waals surface area contributed by atoms with E-state index in [1.807, 2.05) is 12.1 Å². The maximum Gasteiger partial charge on any atom is 0.325 e. The molecule has 1 amide bonds. The van der Waals surface area contributed by atoms with Crippen molar-refractivity contribution in [1.29, 1.82) is 0 Å². The third kappa shape index (κ3) is 2.46. The molecule has 1 aliphatic heterocycles. The summed E-state index contributed by atoms with van der Waals surface area (Å²) in [5, 5.41) is 0. The van der Waals surface area contributed by atoms with Gasteiger partial charge in [0, 0.05) is 7.11 Å². The number of carbonyl (C=O) groups is 2. The number of benzene rings is 1. The molecular formula is C14H17NO5. The second-order valence-corrected chi connectivity index (χ2v) is 4.42. The van der Waals surface area contributed by atoms with E-state index in [0.29, 0.717) is 0 Å². The predicted molar refractivity (Wildman–Crippen MR) is 70.3 cm³/mol. The highest BCUT2D eigenvalue weighted by molar-refractivity contribution is 5.92. The fourth-order valence-corrected chi connectivity index (χ4v) is 2.28. The number of rotatable bonds is 5. The van der Waals surface area contributed by atoms with E-state index in [4.69, 9.17) is 9.47 Å². The number of esters is 1. The van der Waals surface area contributed by atoms with E-state index in [2.05, 4.69) is 4.74 Å². The lowest BCUT2D eigenvalue weighted by molar-refractivity contribution is -0.176. The molecule has 0 radical (unpaired) electrons. The Hall–Kier alpha value is -2.08. The van der Waals surface area contributed by atoms with Crippen LogP contribution < -0.4 is 4.74 Å². The second kappa shape index (κ2) is 5.92. The van der Waals surface area contributed by atoms with Crippen LogP contribution in [0.1, 0.15) is 11.6 Å². The Kier molecular flexibility index (Phi) is 4.24. The number of amides is 1. The normalized spacial score (nSPS) is 21.4. The molecule has 20 heavy (non-hydrogen) atoms. The number of hydrogen-bond acceptors (Lipinski definition) is 5. The first-order valence-electron chi connectivity index (χ1n) is 6.16. The molecule has 0 N–H and O–H groups in total. The Balaban J connectivity index is 2.20. The smallest absolute Gasteiger partial charge is 0.325 e. The summed E-state index contributed by atoms with van der Waals surface area (Å²) in [7, 11) is 4.36. The minimum absolute atomic E-state index is 0.0775. The van der Waals surface area contributed by atoms with E-state index in [1.54, 1.807) is 19.2 Å². The van der Waals surface area contributed by atoms with Gasteiger partial charge in [-0.25, -0.2) is 0 Å². The van der Waals surface area contributed by atoms with Crippen molar-refractivity contribution in [2.75, 3.05) is 27.9 Å². The molecule has 6 nitrogen and oxygen atoms in total. The van der Waals surface area contributed by atoms with E-state index in [-0.39, 0.29) is 18.5 Å². The number of carbonyl (C=O) groups excluding carboxylic acids is 2. The molecule has 1 saturated heterocycles. The van der Waals surface area contributed by atoms with E-state index in [0.717, 1.165) is 11.3 Å². The third-order valence-electron chi connectivity index (χ3n) is 3.39. The van der Waals surface area contributed by atoms with Crippen LogP contribution in [0.15, 0.2) is 24.3 Å². The maximum atomic E-state index is 11.9. The highest BCUT2D eigenvalue weighted by Gasteiger charge is 2.49. The lowest BCUT2D eigenvalue weighted by atomic mass is 9.90. The minimum Gasteiger partial charge on any atom is -0.497 e. The van der Waals surface area contributed by atoms with Crippen molar-refractivity contribution < 1.29 is 23.8 Å². The topological polar surface area (TPSA) is 65.1 Å². The largest absolute Gasteiger partial charge is 0.497 e. The summed E-state index contributed by atoms with van der Waals surface area (Å²) < 4.78 is 14.9. The van der Waals surface area contributed by atoms with Gasteiger partial charge in [-0.05, 0) is 17.7 Å². The van der Waals surface area contributed by atoms with E-state index >= 15 is 0 Å². The van der Waals surface area contributed by atoms with Crippen molar-refractivity contribution in [3.8, 4) is 5.75 Å². The highest BCUT2D eigenvalue weighted by atomic mass is 16.5. The van der Waals surface area contributed by atoms with Gasteiger partial charge in [0.05, 0.1) is 20.3 Å². The van der Waals surface area contributed by atoms with Crippen LogP contribution in [0.3, 0.4) is 0 Å². The number of likely N-dealkylation sites (tertiary alicyclic amines) is 1. The molecule has 2 rings (SSSR count).